The van der Waals surface area contributed by atoms with E-state index < -0.39 is 15.3 Å². The molecular weight excluding hydrogens is 340 g/mol. The molecule has 1 heterocycles. The van der Waals surface area contributed by atoms with E-state index >= 15 is 0 Å². The molecule has 1 aromatic rings. The summed E-state index contributed by atoms with van der Waals surface area (Å²) in [5.41, 5.74) is 0.786. The van der Waals surface area contributed by atoms with Gasteiger partial charge in [0.25, 0.3) is 5.91 Å². The number of hydrogen-bond donors (Lipinski definition) is 0. The molecule has 138 valence electrons. The Labute approximate surface area is 149 Å². The average Bonchev–Trinajstić information content (AvgIpc) is 2.52. The van der Waals surface area contributed by atoms with Gasteiger partial charge in [0.15, 0.2) is 9.84 Å². The summed E-state index contributed by atoms with van der Waals surface area (Å²) in [6, 6.07) is 6.67. The fourth-order valence-corrected chi connectivity index (χ4v) is 3.61. The highest BCUT2D eigenvalue weighted by Crippen LogP contribution is 2.19. The molecule has 0 spiro atoms. The second kappa shape index (κ2) is 7.15. The maximum absolute atomic E-state index is 12.6. The number of carbonyl (C=O) groups excluding carboxylic acids is 2. The molecule has 25 heavy (non-hydrogen) atoms. The van der Waals surface area contributed by atoms with Crippen LogP contribution in [0.15, 0.2) is 24.3 Å². The Kier molecular flexibility index (Phi) is 5.56. The Bertz CT molecular complexity index is 740. The SMILES string of the molecule is CC(C)(C)C(=O)N1CCN(C(=O)c2ccc(CS(C)(=O)=O)cc2)CC1. The predicted octanol–water partition coefficient (Wildman–Crippen LogP) is 1.56. The van der Waals surface area contributed by atoms with Crippen LogP contribution in [0.25, 0.3) is 0 Å². The van der Waals surface area contributed by atoms with E-state index in [1.165, 1.54) is 6.26 Å². The highest BCUT2D eigenvalue weighted by Gasteiger charge is 2.31. The zero-order valence-corrected chi connectivity index (χ0v) is 16.1. The molecule has 0 bridgehead atoms. The summed E-state index contributed by atoms with van der Waals surface area (Å²) < 4.78 is 22.6. The lowest BCUT2D eigenvalue weighted by Gasteiger charge is -2.37. The Balaban J connectivity index is 1.97. The third-order valence-electron chi connectivity index (χ3n) is 4.13. The van der Waals surface area contributed by atoms with Crippen LogP contribution in [-0.2, 0) is 20.4 Å². The molecule has 0 N–H and O–H groups in total. The summed E-state index contributed by atoms with van der Waals surface area (Å²) in [5, 5.41) is 0. The van der Waals surface area contributed by atoms with E-state index in [1.807, 2.05) is 20.8 Å². The number of rotatable bonds is 3. The second-order valence-electron chi connectivity index (χ2n) is 7.60. The van der Waals surface area contributed by atoms with Crippen molar-refractivity contribution in [3.63, 3.8) is 0 Å². The summed E-state index contributed by atoms with van der Waals surface area (Å²) in [6.45, 7) is 7.76. The van der Waals surface area contributed by atoms with Crippen molar-refractivity contribution in [3.8, 4) is 0 Å². The molecule has 1 saturated heterocycles. The van der Waals surface area contributed by atoms with Crippen LogP contribution in [0, 0.1) is 5.41 Å². The molecule has 0 radical (unpaired) electrons. The smallest absolute Gasteiger partial charge is 0.253 e. The van der Waals surface area contributed by atoms with Crippen LogP contribution in [-0.4, -0.2) is 62.5 Å². The van der Waals surface area contributed by atoms with Gasteiger partial charge in [0.2, 0.25) is 5.91 Å². The molecule has 1 aliphatic heterocycles. The van der Waals surface area contributed by atoms with E-state index in [2.05, 4.69) is 0 Å². The van der Waals surface area contributed by atoms with Crippen molar-refractivity contribution >= 4 is 21.7 Å². The minimum absolute atomic E-state index is 0.0327. The third-order valence-corrected chi connectivity index (χ3v) is 4.98. The Morgan fingerprint density at radius 3 is 1.88 bits per heavy atom. The minimum atomic E-state index is -3.09. The van der Waals surface area contributed by atoms with Gasteiger partial charge in [-0.25, -0.2) is 8.42 Å². The summed E-state index contributed by atoms with van der Waals surface area (Å²) in [7, 11) is -3.09. The van der Waals surface area contributed by atoms with Gasteiger partial charge >= 0.3 is 0 Å². The number of benzene rings is 1. The number of hydrogen-bond acceptors (Lipinski definition) is 4. The highest BCUT2D eigenvalue weighted by atomic mass is 32.2. The lowest BCUT2D eigenvalue weighted by atomic mass is 9.94. The van der Waals surface area contributed by atoms with Crippen LogP contribution in [0.1, 0.15) is 36.7 Å². The van der Waals surface area contributed by atoms with Gasteiger partial charge in [-0.15, -0.1) is 0 Å². The average molecular weight is 366 g/mol. The van der Waals surface area contributed by atoms with E-state index in [0.717, 1.165) is 0 Å². The fraction of sp³-hybridized carbons (Fsp3) is 0.556. The van der Waals surface area contributed by atoms with E-state index in [4.69, 9.17) is 0 Å². The third kappa shape index (κ3) is 5.29. The van der Waals surface area contributed by atoms with Crippen LogP contribution in [0.5, 0.6) is 0 Å². The monoisotopic (exact) mass is 366 g/mol. The van der Waals surface area contributed by atoms with Gasteiger partial charge < -0.3 is 9.80 Å². The molecule has 7 heteroatoms. The maximum atomic E-state index is 12.6. The lowest BCUT2D eigenvalue weighted by Crippen LogP contribution is -2.53. The molecule has 0 aromatic heterocycles. The Morgan fingerprint density at radius 1 is 0.960 bits per heavy atom. The van der Waals surface area contributed by atoms with Crippen molar-refractivity contribution in [3.05, 3.63) is 35.4 Å². The summed E-state index contributed by atoms with van der Waals surface area (Å²) in [4.78, 5) is 28.4. The molecule has 2 rings (SSSR count). The van der Waals surface area contributed by atoms with Crippen LogP contribution in [0.2, 0.25) is 0 Å². The van der Waals surface area contributed by atoms with E-state index in [-0.39, 0.29) is 17.6 Å². The van der Waals surface area contributed by atoms with Gasteiger partial charge in [-0.2, -0.15) is 0 Å². The first kappa shape index (κ1) is 19.4. The quantitative estimate of drug-likeness (QED) is 0.814. The van der Waals surface area contributed by atoms with Crippen LogP contribution < -0.4 is 0 Å². The van der Waals surface area contributed by atoms with Crippen molar-refractivity contribution in [2.24, 2.45) is 5.41 Å². The van der Waals surface area contributed by atoms with Gasteiger partial charge in [0.05, 0.1) is 5.75 Å². The summed E-state index contributed by atoms with van der Waals surface area (Å²) in [5.74, 6) is -0.0202. The molecule has 2 amide bonds. The molecule has 1 aromatic carbocycles. The molecule has 6 nitrogen and oxygen atoms in total. The first-order valence-electron chi connectivity index (χ1n) is 8.33. The summed E-state index contributed by atoms with van der Waals surface area (Å²) >= 11 is 0. The fourth-order valence-electron chi connectivity index (χ4n) is 2.82. The zero-order chi connectivity index (χ0) is 18.8. The van der Waals surface area contributed by atoms with Gasteiger partial charge in [-0.05, 0) is 17.7 Å². The largest absolute Gasteiger partial charge is 0.339 e. The number of sulfone groups is 1. The first-order chi connectivity index (χ1) is 11.5. The number of nitrogens with zero attached hydrogens (tertiary/aromatic N) is 2. The van der Waals surface area contributed by atoms with Crippen LogP contribution in [0.3, 0.4) is 0 Å². The molecule has 0 unspecified atom stereocenters. The maximum Gasteiger partial charge on any atom is 0.253 e. The highest BCUT2D eigenvalue weighted by molar-refractivity contribution is 7.89. The Hall–Kier alpha value is -1.89. The van der Waals surface area contributed by atoms with Gasteiger partial charge in [-0.1, -0.05) is 32.9 Å². The molecule has 0 aliphatic carbocycles. The predicted molar refractivity (Wildman–Crippen MR) is 96.9 cm³/mol. The van der Waals surface area contributed by atoms with Crippen molar-refractivity contribution in [1.29, 1.82) is 0 Å². The topological polar surface area (TPSA) is 74.8 Å². The molecule has 0 atom stereocenters. The lowest BCUT2D eigenvalue weighted by molar-refractivity contribution is -0.140. The van der Waals surface area contributed by atoms with Crippen molar-refractivity contribution in [2.45, 2.75) is 26.5 Å². The normalized spacial score (nSPS) is 16.0. The van der Waals surface area contributed by atoms with Gasteiger partial charge in [0.1, 0.15) is 0 Å². The van der Waals surface area contributed by atoms with Crippen molar-refractivity contribution in [2.75, 3.05) is 32.4 Å². The number of amides is 2. The van der Waals surface area contributed by atoms with Crippen molar-refractivity contribution < 1.29 is 18.0 Å². The van der Waals surface area contributed by atoms with Crippen LogP contribution >= 0.6 is 0 Å². The number of piperazine rings is 1. The Morgan fingerprint density at radius 2 is 1.44 bits per heavy atom. The van der Waals surface area contributed by atoms with Crippen molar-refractivity contribution in [1.82, 2.24) is 9.80 Å². The van der Waals surface area contributed by atoms with E-state index in [9.17, 15) is 18.0 Å². The number of carbonyl (C=O) groups is 2. The van der Waals surface area contributed by atoms with Crippen LogP contribution in [0.4, 0.5) is 0 Å². The summed E-state index contributed by atoms with van der Waals surface area (Å²) in [6.07, 6.45) is 1.18. The van der Waals surface area contributed by atoms with E-state index in [1.54, 1.807) is 34.1 Å². The zero-order valence-electron chi connectivity index (χ0n) is 15.3. The molecule has 1 fully saturated rings. The standard InChI is InChI=1S/C18H26N2O4S/c1-18(2,3)17(22)20-11-9-19(10-12-20)16(21)15-7-5-14(6-8-15)13-25(4,23)24/h5-8H,9-13H2,1-4H3. The molecule has 0 saturated carbocycles. The van der Waals surface area contributed by atoms with Gasteiger partial charge in [0, 0.05) is 43.4 Å². The van der Waals surface area contributed by atoms with Gasteiger partial charge in [-0.3, -0.25) is 9.59 Å². The molecule has 1 aliphatic rings. The minimum Gasteiger partial charge on any atom is -0.339 e. The molecular formula is C18H26N2O4S. The first-order valence-corrected chi connectivity index (χ1v) is 10.4. The van der Waals surface area contributed by atoms with E-state index in [0.29, 0.717) is 37.3 Å². The second-order valence-corrected chi connectivity index (χ2v) is 9.74.